The van der Waals surface area contributed by atoms with E-state index in [1.807, 2.05) is 11.6 Å². The molecule has 4 aromatic rings. The van der Waals surface area contributed by atoms with Crippen LogP contribution in [0.15, 0.2) is 55.2 Å². The van der Waals surface area contributed by atoms with Crippen molar-refractivity contribution in [1.29, 1.82) is 0 Å². The van der Waals surface area contributed by atoms with Crippen LogP contribution in [0.3, 0.4) is 0 Å². The molecule has 1 unspecified atom stereocenters. The molecule has 0 aliphatic rings. The molecule has 0 fully saturated rings. The molecule has 1 atom stereocenters. The predicted molar refractivity (Wildman–Crippen MR) is 115 cm³/mol. The van der Waals surface area contributed by atoms with Crippen LogP contribution >= 0.6 is 0 Å². The van der Waals surface area contributed by atoms with Gasteiger partial charge in [-0.1, -0.05) is 12.1 Å². The Bertz CT molecular complexity index is 1270. The fourth-order valence-corrected chi connectivity index (χ4v) is 3.35. The molecule has 0 bridgehead atoms. The third-order valence-electron chi connectivity index (χ3n) is 5.31. The minimum Gasteiger partial charge on any atom is -0.343 e. The van der Waals surface area contributed by atoms with Gasteiger partial charge in [0.25, 0.3) is 5.91 Å². The van der Waals surface area contributed by atoms with Gasteiger partial charge in [-0.15, -0.1) is 0 Å². The molecule has 1 aromatic carbocycles. The quantitative estimate of drug-likeness (QED) is 0.475. The molecule has 3 heterocycles. The van der Waals surface area contributed by atoms with Crippen molar-refractivity contribution in [1.82, 2.24) is 29.8 Å². The maximum absolute atomic E-state index is 12.7. The van der Waals surface area contributed by atoms with Crippen molar-refractivity contribution in [2.75, 3.05) is 0 Å². The number of hydrogen-bond donors (Lipinski definition) is 1. The molecule has 0 spiro atoms. The number of halogens is 3. The van der Waals surface area contributed by atoms with Crippen molar-refractivity contribution in [2.45, 2.75) is 32.0 Å². The van der Waals surface area contributed by atoms with E-state index in [0.29, 0.717) is 29.7 Å². The highest BCUT2D eigenvalue weighted by Crippen LogP contribution is 2.29. The lowest BCUT2D eigenvalue weighted by Crippen LogP contribution is -2.28. The summed E-state index contributed by atoms with van der Waals surface area (Å²) in [6, 6.07) is 6.39. The molecule has 3 aromatic heterocycles. The molecule has 0 aliphatic carbocycles. The van der Waals surface area contributed by atoms with Crippen LogP contribution in [0.5, 0.6) is 0 Å². The first-order chi connectivity index (χ1) is 15.7. The first-order valence-corrected chi connectivity index (χ1v) is 10.3. The number of amides is 1. The monoisotopic (exact) mass is 454 g/mol. The lowest BCUT2D eigenvalue weighted by atomic mass is 10.1. The minimum absolute atomic E-state index is 0.277. The van der Waals surface area contributed by atoms with Crippen LogP contribution < -0.4 is 5.32 Å². The largest absolute Gasteiger partial charge is 0.416 e. The topological polar surface area (TPSA) is 85.6 Å². The molecule has 7 nitrogen and oxygen atoms in total. The van der Waals surface area contributed by atoms with Crippen LogP contribution in [0.2, 0.25) is 0 Å². The van der Waals surface area contributed by atoms with Gasteiger partial charge in [0.1, 0.15) is 11.2 Å². The summed E-state index contributed by atoms with van der Waals surface area (Å²) in [5.74, 6) is -0.334. The van der Waals surface area contributed by atoms with E-state index in [4.69, 9.17) is 0 Å². The molecule has 0 aliphatic heterocycles. The van der Waals surface area contributed by atoms with Crippen LogP contribution in [0, 0.1) is 0 Å². The zero-order valence-corrected chi connectivity index (χ0v) is 18.0. The Hall–Kier alpha value is -3.82. The number of nitrogens with one attached hydrogen (secondary N) is 1. The molecule has 0 saturated heterocycles. The molecule has 0 radical (unpaired) electrons. The summed E-state index contributed by atoms with van der Waals surface area (Å²) < 4.78 is 39.8. The Labute approximate surface area is 187 Å². The number of aromatic nitrogens is 5. The zero-order valence-electron chi connectivity index (χ0n) is 18.0. The lowest BCUT2D eigenvalue weighted by Gasteiger charge is -2.13. The highest BCUT2D eigenvalue weighted by Gasteiger charge is 2.29. The normalized spacial score (nSPS) is 12.6. The number of fused-ring (bicyclic) bond motifs is 1. The smallest absolute Gasteiger partial charge is 0.343 e. The summed E-state index contributed by atoms with van der Waals surface area (Å²) >= 11 is 0. The van der Waals surface area contributed by atoms with Crippen LogP contribution in [0.25, 0.3) is 11.0 Å². The van der Waals surface area contributed by atoms with Crippen molar-refractivity contribution < 1.29 is 18.0 Å². The molecular formula is C23H21F3N6O. The van der Waals surface area contributed by atoms with E-state index in [2.05, 4.69) is 25.3 Å². The summed E-state index contributed by atoms with van der Waals surface area (Å²) in [4.78, 5) is 29.7. The number of carbonyl (C=O) groups excluding carboxylic acids is 1. The molecule has 10 heteroatoms. The minimum atomic E-state index is -4.34. The number of hydrogen-bond acceptors (Lipinski definition) is 5. The summed E-state index contributed by atoms with van der Waals surface area (Å²) in [6.07, 6.45) is 3.15. The standard InChI is InChI=1S/C23H21F3N6O/c1-14(31-22(33)18-9-21-20(12-29-18)30-13-32(21)2)19-11-27-17(10-28-19)8-5-15-3-6-16(7-4-15)23(24,25)26/h3-4,6-7,9-14H,5,8H2,1-2H3,(H,31,33). The van der Waals surface area contributed by atoms with Gasteiger partial charge in [-0.2, -0.15) is 13.2 Å². The van der Waals surface area contributed by atoms with Gasteiger partial charge in [-0.3, -0.25) is 14.8 Å². The van der Waals surface area contributed by atoms with E-state index < -0.39 is 17.8 Å². The van der Waals surface area contributed by atoms with Crippen molar-refractivity contribution in [2.24, 2.45) is 7.05 Å². The van der Waals surface area contributed by atoms with Crippen molar-refractivity contribution in [3.05, 3.63) is 83.5 Å². The Morgan fingerprint density at radius 2 is 1.79 bits per heavy atom. The lowest BCUT2D eigenvalue weighted by molar-refractivity contribution is -0.137. The van der Waals surface area contributed by atoms with Crippen LogP contribution in [0.4, 0.5) is 13.2 Å². The Balaban J connectivity index is 1.35. The number of pyridine rings is 1. The predicted octanol–water partition coefficient (Wildman–Crippen LogP) is 4.05. The van der Waals surface area contributed by atoms with Gasteiger partial charge in [0.05, 0.1) is 47.2 Å². The first kappa shape index (κ1) is 22.4. The van der Waals surface area contributed by atoms with Gasteiger partial charge in [0.15, 0.2) is 0 Å². The number of rotatable bonds is 6. The third kappa shape index (κ3) is 5.16. The molecular weight excluding hydrogens is 433 g/mol. The number of alkyl halides is 3. The van der Waals surface area contributed by atoms with Crippen molar-refractivity contribution in [3.63, 3.8) is 0 Å². The van der Waals surface area contributed by atoms with E-state index in [-0.39, 0.29) is 11.6 Å². The van der Waals surface area contributed by atoms with Gasteiger partial charge >= 0.3 is 6.18 Å². The Morgan fingerprint density at radius 3 is 2.45 bits per heavy atom. The van der Waals surface area contributed by atoms with Gasteiger partial charge in [0.2, 0.25) is 0 Å². The van der Waals surface area contributed by atoms with Gasteiger partial charge in [0, 0.05) is 13.2 Å². The first-order valence-electron chi connectivity index (χ1n) is 10.3. The van der Waals surface area contributed by atoms with Crippen LogP contribution in [0.1, 0.15) is 46.0 Å². The number of nitrogens with zero attached hydrogens (tertiary/aromatic N) is 5. The third-order valence-corrected chi connectivity index (χ3v) is 5.31. The Kier molecular flexibility index (Phi) is 6.08. The maximum Gasteiger partial charge on any atom is 0.416 e. The fourth-order valence-electron chi connectivity index (χ4n) is 3.35. The molecule has 33 heavy (non-hydrogen) atoms. The number of aryl methyl sites for hydroxylation is 3. The van der Waals surface area contributed by atoms with Crippen LogP contribution in [-0.2, 0) is 26.1 Å². The van der Waals surface area contributed by atoms with Crippen molar-refractivity contribution in [3.8, 4) is 0 Å². The van der Waals surface area contributed by atoms with Gasteiger partial charge < -0.3 is 9.88 Å². The van der Waals surface area contributed by atoms with E-state index >= 15 is 0 Å². The second-order valence-electron chi connectivity index (χ2n) is 7.74. The highest BCUT2D eigenvalue weighted by atomic mass is 19.4. The summed E-state index contributed by atoms with van der Waals surface area (Å²) in [7, 11) is 1.84. The van der Waals surface area contributed by atoms with E-state index in [1.165, 1.54) is 12.1 Å². The van der Waals surface area contributed by atoms with E-state index in [9.17, 15) is 18.0 Å². The number of imidazole rings is 1. The maximum atomic E-state index is 12.7. The molecule has 1 N–H and O–H groups in total. The van der Waals surface area contributed by atoms with E-state index in [1.54, 1.807) is 37.9 Å². The zero-order chi connectivity index (χ0) is 23.6. The van der Waals surface area contributed by atoms with Crippen LogP contribution in [-0.4, -0.2) is 30.4 Å². The number of carbonyl (C=O) groups is 1. The summed E-state index contributed by atoms with van der Waals surface area (Å²) in [5, 5.41) is 2.86. The second kappa shape index (κ2) is 8.97. The molecule has 4 rings (SSSR count). The second-order valence-corrected chi connectivity index (χ2v) is 7.74. The van der Waals surface area contributed by atoms with E-state index in [0.717, 1.165) is 23.2 Å². The fraction of sp³-hybridized carbons (Fsp3) is 0.261. The average Bonchev–Trinajstić information content (AvgIpc) is 3.17. The van der Waals surface area contributed by atoms with Gasteiger partial charge in [-0.25, -0.2) is 9.97 Å². The summed E-state index contributed by atoms with van der Waals surface area (Å²) in [5.41, 5.74) is 3.21. The molecule has 0 saturated carbocycles. The number of benzene rings is 1. The molecule has 170 valence electrons. The van der Waals surface area contributed by atoms with Crippen molar-refractivity contribution >= 4 is 16.9 Å². The van der Waals surface area contributed by atoms with Gasteiger partial charge in [-0.05, 0) is 43.5 Å². The SMILES string of the molecule is CC(NC(=O)c1cc2c(cn1)ncn2C)c1cnc(CCc2ccc(C(F)(F)F)cc2)cn1. The highest BCUT2D eigenvalue weighted by molar-refractivity contribution is 5.95. The Morgan fingerprint density at radius 1 is 1.03 bits per heavy atom. The average molecular weight is 454 g/mol. The molecule has 1 amide bonds. The summed E-state index contributed by atoms with van der Waals surface area (Å²) in [6.45, 7) is 1.80.